The molecule has 0 fully saturated rings. The first-order chi connectivity index (χ1) is 11.3. The molecule has 1 aliphatic heterocycles. The topological polar surface area (TPSA) is 88.4 Å². The first-order valence-electron chi connectivity index (χ1n) is 7.42. The molecule has 3 rings (SSSR count). The van der Waals surface area contributed by atoms with Gasteiger partial charge in [0.2, 0.25) is 10.0 Å². The van der Waals surface area contributed by atoms with Gasteiger partial charge in [0.05, 0.1) is 30.7 Å². The van der Waals surface area contributed by atoms with Crippen LogP contribution in [-0.4, -0.2) is 51.6 Å². The molecule has 24 heavy (non-hydrogen) atoms. The van der Waals surface area contributed by atoms with E-state index >= 15 is 0 Å². The Morgan fingerprint density at radius 3 is 2.71 bits per heavy atom. The molecule has 0 aromatic carbocycles. The maximum atomic E-state index is 12.7. The number of sulfonamides is 1. The van der Waals surface area contributed by atoms with Crippen molar-refractivity contribution in [3.8, 4) is 0 Å². The molecule has 0 N–H and O–H groups in total. The molecule has 1 aliphatic rings. The second-order valence-electron chi connectivity index (χ2n) is 5.91. The summed E-state index contributed by atoms with van der Waals surface area (Å²) in [7, 11) is 0.0934. The van der Waals surface area contributed by atoms with Crippen molar-refractivity contribution in [2.24, 2.45) is 7.05 Å². The van der Waals surface area contributed by atoms with Gasteiger partial charge in [-0.1, -0.05) is 6.07 Å². The lowest BCUT2D eigenvalue weighted by Gasteiger charge is -2.16. The first kappa shape index (κ1) is 16.6. The molecule has 2 aromatic heterocycles. The van der Waals surface area contributed by atoms with Gasteiger partial charge in [0, 0.05) is 32.4 Å². The second-order valence-corrected chi connectivity index (χ2v) is 7.89. The minimum absolute atomic E-state index is 0.181. The number of aromatic nitrogens is 3. The minimum Gasteiger partial charge on any atom is -0.334 e. The summed E-state index contributed by atoms with van der Waals surface area (Å²) in [5.41, 5.74) is 2.52. The van der Waals surface area contributed by atoms with Crippen LogP contribution in [0.4, 0.5) is 0 Å². The summed E-state index contributed by atoms with van der Waals surface area (Å²) in [6.07, 6.45) is 2.84. The average molecular weight is 349 g/mol. The van der Waals surface area contributed by atoms with Gasteiger partial charge < -0.3 is 4.90 Å². The number of fused-ring (bicyclic) bond motifs is 1. The number of carbonyl (C=O) groups excluding carboxylic acids is 1. The van der Waals surface area contributed by atoms with E-state index in [9.17, 15) is 13.2 Å². The van der Waals surface area contributed by atoms with E-state index in [4.69, 9.17) is 0 Å². The molecule has 3 heterocycles. The standard InChI is InChI=1S/C15H19N5O3S/c1-18(8-11-6-4-5-7-16-11)15(21)14-12-9-20(24(3,22)23)10-13(12)19(2)17-14/h4-7H,8-10H2,1-3H3. The number of carbonyl (C=O) groups is 1. The summed E-state index contributed by atoms with van der Waals surface area (Å²) in [5.74, 6) is -0.243. The Morgan fingerprint density at radius 1 is 1.33 bits per heavy atom. The van der Waals surface area contributed by atoms with Crippen LogP contribution < -0.4 is 0 Å². The smallest absolute Gasteiger partial charge is 0.274 e. The van der Waals surface area contributed by atoms with Crippen LogP contribution in [0.2, 0.25) is 0 Å². The van der Waals surface area contributed by atoms with Crippen LogP contribution in [0.3, 0.4) is 0 Å². The van der Waals surface area contributed by atoms with Crippen LogP contribution in [-0.2, 0) is 36.7 Å². The van der Waals surface area contributed by atoms with Gasteiger partial charge >= 0.3 is 0 Å². The first-order valence-corrected chi connectivity index (χ1v) is 9.27. The fourth-order valence-corrected chi connectivity index (χ4v) is 3.48. The molecule has 0 saturated heterocycles. The fraction of sp³-hybridized carbons (Fsp3) is 0.400. The third-order valence-electron chi connectivity index (χ3n) is 4.08. The molecule has 128 valence electrons. The highest BCUT2D eigenvalue weighted by atomic mass is 32.2. The van der Waals surface area contributed by atoms with Crippen molar-refractivity contribution in [1.82, 2.24) is 24.0 Å². The summed E-state index contributed by atoms with van der Waals surface area (Å²) in [6, 6.07) is 5.53. The molecule has 0 saturated carbocycles. The van der Waals surface area contributed by atoms with Crippen LogP contribution in [0.1, 0.15) is 27.4 Å². The Hall–Kier alpha value is -2.26. The maximum Gasteiger partial charge on any atom is 0.274 e. The predicted molar refractivity (Wildman–Crippen MR) is 87.3 cm³/mol. The second kappa shape index (κ2) is 5.99. The summed E-state index contributed by atoms with van der Waals surface area (Å²) < 4.78 is 26.4. The highest BCUT2D eigenvalue weighted by Crippen LogP contribution is 2.28. The lowest BCUT2D eigenvalue weighted by molar-refractivity contribution is 0.0775. The van der Waals surface area contributed by atoms with Gasteiger partial charge in [-0.05, 0) is 12.1 Å². The molecule has 0 aliphatic carbocycles. The molecule has 8 nitrogen and oxygen atoms in total. The quantitative estimate of drug-likeness (QED) is 0.795. The van der Waals surface area contributed by atoms with Crippen molar-refractivity contribution in [2.45, 2.75) is 19.6 Å². The largest absolute Gasteiger partial charge is 0.334 e. The third kappa shape index (κ3) is 3.04. The number of nitrogens with zero attached hydrogens (tertiary/aromatic N) is 5. The number of aryl methyl sites for hydroxylation is 1. The normalized spacial score (nSPS) is 14.6. The summed E-state index contributed by atoms with van der Waals surface area (Å²) >= 11 is 0. The number of pyridine rings is 1. The number of hydrogen-bond acceptors (Lipinski definition) is 5. The Kier molecular flexibility index (Phi) is 4.14. The number of amides is 1. The van der Waals surface area contributed by atoms with Crippen molar-refractivity contribution in [2.75, 3.05) is 13.3 Å². The highest BCUT2D eigenvalue weighted by Gasteiger charge is 2.34. The van der Waals surface area contributed by atoms with Crippen molar-refractivity contribution < 1.29 is 13.2 Å². The lowest BCUT2D eigenvalue weighted by atomic mass is 10.2. The fourth-order valence-electron chi connectivity index (χ4n) is 2.76. The highest BCUT2D eigenvalue weighted by molar-refractivity contribution is 7.88. The van der Waals surface area contributed by atoms with Gasteiger partial charge in [-0.25, -0.2) is 8.42 Å². The van der Waals surface area contributed by atoms with E-state index in [0.717, 1.165) is 11.4 Å². The van der Waals surface area contributed by atoms with Crippen LogP contribution in [0.5, 0.6) is 0 Å². The molecular weight excluding hydrogens is 330 g/mol. The van der Waals surface area contributed by atoms with Crippen molar-refractivity contribution in [3.05, 3.63) is 47.0 Å². The zero-order chi connectivity index (χ0) is 17.5. The molecule has 0 unspecified atom stereocenters. The van der Waals surface area contributed by atoms with E-state index in [1.54, 1.807) is 25.0 Å². The van der Waals surface area contributed by atoms with Crippen molar-refractivity contribution in [1.29, 1.82) is 0 Å². The van der Waals surface area contributed by atoms with Gasteiger partial charge in [-0.3, -0.25) is 14.5 Å². The van der Waals surface area contributed by atoms with Gasteiger partial charge in [0.25, 0.3) is 5.91 Å². The zero-order valence-corrected chi connectivity index (χ0v) is 14.6. The molecular formula is C15H19N5O3S. The van der Waals surface area contributed by atoms with Gasteiger partial charge in [-0.2, -0.15) is 9.40 Å². The van der Waals surface area contributed by atoms with Crippen molar-refractivity contribution >= 4 is 15.9 Å². The van der Waals surface area contributed by atoms with E-state index < -0.39 is 10.0 Å². The SMILES string of the molecule is CN(Cc1ccccn1)C(=O)c1nn(C)c2c1CN(S(C)(=O)=O)C2. The summed E-state index contributed by atoms with van der Waals surface area (Å²) in [5, 5.41) is 4.29. The van der Waals surface area contributed by atoms with Crippen LogP contribution >= 0.6 is 0 Å². The van der Waals surface area contributed by atoms with Gasteiger partial charge in [0.1, 0.15) is 0 Å². The monoisotopic (exact) mass is 349 g/mol. The van der Waals surface area contributed by atoms with E-state index in [2.05, 4.69) is 10.1 Å². The molecule has 0 radical (unpaired) electrons. The summed E-state index contributed by atoms with van der Waals surface area (Å²) in [6.45, 7) is 0.788. The molecule has 0 spiro atoms. The van der Waals surface area contributed by atoms with E-state index in [0.29, 0.717) is 17.8 Å². The Labute approximate surface area is 140 Å². The van der Waals surface area contributed by atoms with Crippen LogP contribution in [0.15, 0.2) is 24.4 Å². The summed E-state index contributed by atoms with van der Waals surface area (Å²) in [4.78, 5) is 18.5. The van der Waals surface area contributed by atoms with E-state index in [-0.39, 0.29) is 19.0 Å². The molecule has 0 atom stereocenters. The van der Waals surface area contributed by atoms with Crippen molar-refractivity contribution in [3.63, 3.8) is 0 Å². The Morgan fingerprint density at radius 2 is 2.08 bits per heavy atom. The molecule has 1 amide bonds. The van der Waals surface area contributed by atoms with Gasteiger partial charge in [0.15, 0.2) is 5.69 Å². The maximum absolute atomic E-state index is 12.7. The minimum atomic E-state index is -3.31. The van der Waals surface area contributed by atoms with Crippen LogP contribution in [0.25, 0.3) is 0 Å². The Balaban J connectivity index is 1.84. The van der Waals surface area contributed by atoms with E-state index in [1.165, 1.54) is 15.5 Å². The van der Waals surface area contributed by atoms with E-state index in [1.807, 2.05) is 18.2 Å². The van der Waals surface area contributed by atoms with Gasteiger partial charge in [-0.15, -0.1) is 0 Å². The molecule has 9 heteroatoms. The predicted octanol–water partition coefficient (Wildman–Crippen LogP) is 0.363. The number of hydrogen-bond donors (Lipinski definition) is 0. The zero-order valence-electron chi connectivity index (χ0n) is 13.8. The average Bonchev–Trinajstić information content (AvgIpc) is 3.08. The Bertz CT molecular complexity index is 876. The third-order valence-corrected chi connectivity index (χ3v) is 5.28. The number of rotatable bonds is 4. The molecule has 2 aromatic rings. The molecule has 0 bridgehead atoms. The van der Waals surface area contributed by atoms with Crippen LogP contribution in [0, 0.1) is 0 Å². The lowest BCUT2D eigenvalue weighted by Crippen LogP contribution is -2.29.